The van der Waals surface area contributed by atoms with Crippen molar-refractivity contribution in [3.05, 3.63) is 59.7 Å². The van der Waals surface area contributed by atoms with Crippen molar-refractivity contribution in [2.24, 2.45) is 0 Å². The summed E-state index contributed by atoms with van der Waals surface area (Å²) in [5.41, 5.74) is 2.71. The summed E-state index contributed by atoms with van der Waals surface area (Å²) in [7, 11) is 3.21. The minimum atomic E-state index is -1.01. The lowest BCUT2D eigenvalue weighted by atomic mass is 10.2. The highest BCUT2D eigenvalue weighted by Gasteiger charge is 2.18. The first-order valence-corrected chi connectivity index (χ1v) is 13.3. The molecule has 0 aliphatic heterocycles. The Bertz CT molecular complexity index is 1320. The number of hydrogen-bond acceptors (Lipinski definition) is 14. The molecule has 0 amide bonds. The maximum atomic E-state index is 9.87. The molecule has 0 aliphatic carbocycles. The van der Waals surface area contributed by atoms with Gasteiger partial charge in [-0.2, -0.15) is 9.97 Å². The summed E-state index contributed by atoms with van der Waals surface area (Å²) in [5.74, 6) is 2.64. The molecule has 0 saturated heterocycles. The van der Waals surface area contributed by atoms with Crippen LogP contribution in [0.1, 0.15) is 11.1 Å². The topological polar surface area (TPSA) is 199 Å². The molecule has 2 heterocycles. The lowest BCUT2D eigenvalue weighted by Crippen LogP contribution is -2.25. The first-order chi connectivity index (χ1) is 20.4. The number of methoxy groups -OCH3 is 2. The van der Waals surface area contributed by atoms with Crippen molar-refractivity contribution >= 4 is 34.6 Å². The Kier molecular flexibility index (Phi) is 10.8. The molecule has 0 radical (unpaired) electrons. The number of fused-ring (bicyclic) bond motifs is 1. The highest BCUT2D eigenvalue weighted by atomic mass is 16.5. The largest absolute Gasteiger partial charge is 0.497 e. The van der Waals surface area contributed by atoms with E-state index < -0.39 is 25.4 Å². The molecular formula is C28H36N8O6. The summed E-state index contributed by atoms with van der Waals surface area (Å²) in [5, 5.41) is 50.8. The minimum absolute atomic E-state index is 0.0219. The number of nitrogens with one attached hydrogen (secondary N) is 4. The van der Waals surface area contributed by atoms with Gasteiger partial charge in [0, 0.05) is 26.2 Å². The van der Waals surface area contributed by atoms with E-state index in [0.29, 0.717) is 35.8 Å². The number of ether oxygens (including phenoxy) is 2. The van der Waals surface area contributed by atoms with Crippen molar-refractivity contribution in [3.63, 3.8) is 0 Å². The van der Waals surface area contributed by atoms with Crippen molar-refractivity contribution in [1.82, 2.24) is 19.9 Å². The molecule has 224 valence electrons. The summed E-state index contributed by atoms with van der Waals surface area (Å²) < 4.78 is 10.5. The molecule has 0 fully saturated rings. The molecule has 0 aliphatic rings. The second-order valence-electron chi connectivity index (χ2n) is 9.33. The minimum Gasteiger partial charge on any atom is -0.497 e. The van der Waals surface area contributed by atoms with Crippen molar-refractivity contribution in [2.45, 2.75) is 25.3 Å². The zero-order valence-electron chi connectivity index (χ0n) is 23.4. The first-order valence-electron chi connectivity index (χ1n) is 13.3. The molecule has 14 nitrogen and oxygen atoms in total. The Labute approximate surface area is 242 Å². The van der Waals surface area contributed by atoms with Crippen LogP contribution in [0.3, 0.4) is 0 Å². The number of hydrogen-bond donors (Lipinski definition) is 8. The van der Waals surface area contributed by atoms with Gasteiger partial charge >= 0.3 is 0 Å². The maximum absolute atomic E-state index is 9.87. The third-order valence-corrected chi connectivity index (χ3v) is 6.19. The van der Waals surface area contributed by atoms with Crippen LogP contribution in [-0.4, -0.2) is 93.1 Å². The summed E-state index contributed by atoms with van der Waals surface area (Å²) in [6, 6.07) is 15.1. The zero-order chi connectivity index (χ0) is 29.9. The summed E-state index contributed by atoms with van der Waals surface area (Å²) >= 11 is 0. The third-order valence-electron chi connectivity index (χ3n) is 6.19. The number of aliphatic hydroxyl groups excluding tert-OH is 4. The smallest absolute Gasteiger partial charge is 0.225 e. The van der Waals surface area contributed by atoms with E-state index >= 15 is 0 Å². The number of anilines is 4. The fourth-order valence-corrected chi connectivity index (χ4v) is 3.83. The van der Waals surface area contributed by atoms with E-state index in [1.807, 2.05) is 48.5 Å². The highest BCUT2D eigenvalue weighted by molar-refractivity contribution is 5.94. The van der Waals surface area contributed by atoms with Crippen molar-refractivity contribution in [1.29, 1.82) is 0 Å². The van der Waals surface area contributed by atoms with Gasteiger partial charge in [0.25, 0.3) is 0 Å². The molecule has 4 aromatic rings. The van der Waals surface area contributed by atoms with Gasteiger partial charge in [-0.05, 0) is 35.4 Å². The molecule has 2 aromatic heterocycles. The second kappa shape index (κ2) is 14.9. The third kappa shape index (κ3) is 8.27. The standard InChI is InChI=1S/C28H36N8O6/c1-41-21-7-3-17(4-8-21)11-29-25-23-24(34-27(35-25)31-13-19(39)15-37)26(36-28(33-23)32-14-20(40)16-38)30-12-18-5-9-22(42-2)10-6-18/h3-10,19-20,37-40H,11-16H2,1-2H3,(H2,29,31,34,35)(H2,30,32,33,36)/t19-,20-/m0/s1. The molecular weight excluding hydrogens is 544 g/mol. The van der Waals surface area contributed by atoms with E-state index in [-0.39, 0.29) is 25.0 Å². The Morgan fingerprint density at radius 3 is 1.31 bits per heavy atom. The Balaban J connectivity index is 1.72. The van der Waals surface area contributed by atoms with E-state index in [1.165, 1.54) is 0 Å². The molecule has 8 N–H and O–H groups in total. The van der Waals surface area contributed by atoms with E-state index in [0.717, 1.165) is 22.6 Å². The van der Waals surface area contributed by atoms with Crippen LogP contribution in [0.2, 0.25) is 0 Å². The summed E-state index contributed by atoms with van der Waals surface area (Å²) in [4.78, 5) is 18.4. The van der Waals surface area contributed by atoms with Crippen LogP contribution < -0.4 is 30.7 Å². The van der Waals surface area contributed by atoms with E-state index in [1.54, 1.807) is 14.2 Å². The van der Waals surface area contributed by atoms with Gasteiger partial charge in [-0.25, -0.2) is 9.97 Å². The molecule has 0 bridgehead atoms. The molecule has 0 spiro atoms. The number of rotatable bonds is 16. The molecule has 2 aromatic carbocycles. The van der Waals surface area contributed by atoms with Crippen LogP contribution in [0.15, 0.2) is 48.5 Å². The monoisotopic (exact) mass is 580 g/mol. The van der Waals surface area contributed by atoms with Gasteiger partial charge in [0.05, 0.1) is 39.6 Å². The number of aromatic nitrogens is 4. The van der Waals surface area contributed by atoms with E-state index in [9.17, 15) is 20.4 Å². The fourth-order valence-electron chi connectivity index (χ4n) is 3.83. The van der Waals surface area contributed by atoms with Gasteiger partial charge < -0.3 is 51.2 Å². The fraction of sp³-hybridized carbons (Fsp3) is 0.357. The summed E-state index contributed by atoms with van der Waals surface area (Å²) in [6.07, 6.45) is -2.01. The molecule has 2 atom stereocenters. The normalized spacial score (nSPS) is 12.4. The maximum Gasteiger partial charge on any atom is 0.225 e. The van der Waals surface area contributed by atoms with Crippen LogP contribution in [0, 0.1) is 0 Å². The van der Waals surface area contributed by atoms with Crippen molar-refractivity contribution < 1.29 is 29.9 Å². The lowest BCUT2D eigenvalue weighted by Gasteiger charge is -2.17. The SMILES string of the molecule is COc1ccc(CNc2nc(NC[C@H](O)CO)nc3c(NCc4ccc(OC)cc4)nc(NC[C@H](O)CO)nc23)cc1. The highest BCUT2D eigenvalue weighted by Crippen LogP contribution is 2.28. The number of nitrogens with zero attached hydrogens (tertiary/aromatic N) is 4. The average molecular weight is 581 g/mol. The van der Waals surface area contributed by atoms with E-state index in [4.69, 9.17) is 9.47 Å². The van der Waals surface area contributed by atoms with Gasteiger partial charge in [0.1, 0.15) is 22.5 Å². The van der Waals surface area contributed by atoms with Crippen molar-refractivity contribution in [3.8, 4) is 11.5 Å². The summed E-state index contributed by atoms with van der Waals surface area (Å²) in [6.45, 7) is 0.00625. The van der Waals surface area contributed by atoms with Gasteiger partial charge in [-0.15, -0.1) is 0 Å². The number of benzene rings is 2. The van der Waals surface area contributed by atoms with Gasteiger partial charge in [-0.3, -0.25) is 0 Å². The Morgan fingerprint density at radius 1 is 0.595 bits per heavy atom. The van der Waals surface area contributed by atoms with E-state index in [2.05, 4.69) is 41.2 Å². The molecule has 14 heteroatoms. The van der Waals surface area contributed by atoms with Crippen LogP contribution in [-0.2, 0) is 13.1 Å². The quantitative estimate of drug-likeness (QED) is 0.0940. The van der Waals surface area contributed by atoms with Crippen LogP contribution in [0.25, 0.3) is 11.0 Å². The van der Waals surface area contributed by atoms with Crippen LogP contribution in [0.4, 0.5) is 23.5 Å². The Hall–Kier alpha value is -4.50. The van der Waals surface area contributed by atoms with Crippen LogP contribution in [0.5, 0.6) is 11.5 Å². The average Bonchev–Trinajstić information content (AvgIpc) is 3.04. The van der Waals surface area contributed by atoms with Gasteiger partial charge in [0.2, 0.25) is 11.9 Å². The zero-order valence-corrected chi connectivity index (χ0v) is 23.4. The predicted octanol–water partition coefficient (Wildman–Crippen LogP) is 1.19. The molecule has 42 heavy (non-hydrogen) atoms. The predicted molar refractivity (Wildman–Crippen MR) is 159 cm³/mol. The second-order valence-corrected chi connectivity index (χ2v) is 9.33. The molecule has 4 rings (SSSR count). The first kappa shape index (κ1) is 30.5. The van der Waals surface area contributed by atoms with Crippen LogP contribution >= 0.6 is 0 Å². The van der Waals surface area contributed by atoms with Crippen molar-refractivity contribution in [2.75, 3.05) is 61.8 Å². The molecule has 0 saturated carbocycles. The van der Waals surface area contributed by atoms with Gasteiger partial charge in [-0.1, -0.05) is 24.3 Å². The number of aliphatic hydroxyl groups is 4. The van der Waals surface area contributed by atoms with Gasteiger partial charge in [0.15, 0.2) is 11.6 Å². The molecule has 0 unspecified atom stereocenters. The Morgan fingerprint density at radius 2 is 0.976 bits per heavy atom. The lowest BCUT2D eigenvalue weighted by molar-refractivity contribution is 0.105.